The fourth-order valence-electron chi connectivity index (χ4n) is 2.78. The highest BCUT2D eigenvalue weighted by Crippen LogP contribution is 2.28. The second kappa shape index (κ2) is 5.97. The largest absolute Gasteiger partial charge is 0.507 e. The highest BCUT2D eigenvalue weighted by Gasteiger charge is 2.24. The summed E-state index contributed by atoms with van der Waals surface area (Å²) in [6, 6.07) is 7.03. The molecule has 0 saturated heterocycles. The van der Waals surface area contributed by atoms with Crippen LogP contribution < -0.4 is 0 Å². The Morgan fingerprint density at radius 2 is 2.23 bits per heavy atom. The SMILES string of the molecule is O=Cc1c(O)ccc2c1CN(C(=O)Cc1cccnc1)CC2. The zero-order valence-electron chi connectivity index (χ0n) is 12.0. The molecule has 0 saturated carbocycles. The lowest BCUT2D eigenvalue weighted by Crippen LogP contribution is -2.37. The summed E-state index contributed by atoms with van der Waals surface area (Å²) in [6.45, 7) is 0.978. The molecule has 1 aromatic heterocycles. The number of fused-ring (bicyclic) bond motifs is 1. The van der Waals surface area contributed by atoms with Crippen LogP contribution in [-0.4, -0.2) is 33.7 Å². The fraction of sp³-hybridized carbons (Fsp3) is 0.235. The Balaban J connectivity index is 1.80. The van der Waals surface area contributed by atoms with Gasteiger partial charge in [-0.25, -0.2) is 0 Å². The first-order valence-electron chi connectivity index (χ1n) is 7.14. The van der Waals surface area contributed by atoms with Crippen LogP contribution in [0.5, 0.6) is 5.75 Å². The van der Waals surface area contributed by atoms with Crippen molar-refractivity contribution in [2.45, 2.75) is 19.4 Å². The molecular weight excluding hydrogens is 280 g/mol. The quantitative estimate of drug-likeness (QED) is 0.876. The van der Waals surface area contributed by atoms with Gasteiger partial charge >= 0.3 is 0 Å². The van der Waals surface area contributed by atoms with Gasteiger partial charge in [0.05, 0.1) is 12.0 Å². The second-order valence-electron chi connectivity index (χ2n) is 5.36. The number of pyridine rings is 1. The van der Waals surface area contributed by atoms with E-state index in [1.54, 1.807) is 23.4 Å². The molecule has 2 heterocycles. The molecule has 5 heteroatoms. The number of carbonyl (C=O) groups excluding carboxylic acids is 2. The van der Waals surface area contributed by atoms with E-state index in [9.17, 15) is 14.7 Å². The van der Waals surface area contributed by atoms with Crippen molar-refractivity contribution >= 4 is 12.2 Å². The minimum atomic E-state index is -0.0321. The van der Waals surface area contributed by atoms with Crippen molar-refractivity contribution in [2.75, 3.05) is 6.54 Å². The van der Waals surface area contributed by atoms with Gasteiger partial charge in [-0.15, -0.1) is 0 Å². The maximum absolute atomic E-state index is 12.4. The van der Waals surface area contributed by atoms with Gasteiger partial charge in [-0.2, -0.15) is 0 Å². The van der Waals surface area contributed by atoms with E-state index in [-0.39, 0.29) is 17.2 Å². The molecule has 0 atom stereocenters. The van der Waals surface area contributed by atoms with E-state index in [2.05, 4.69) is 4.98 Å². The summed E-state index contributed by atoms with van der Waals surface area (Å²) in [4.78, 5) is 29.3. The first-order valence-corrected chi connectivity index (χ1v) is 7.14. The van der Waals surface area contributed by atoms with Crippen LogP contribution >= 0.6 is 0 Å². The summed E-state index contributed by atoms with van der Waals surface area (Å²) in [7, 11) is 0. The smallest absolute Gasteiger partial charge is 0.227 e. The standard InChI is InChI=1S/C17H16N2O3/c20-11-15-14-10-19(7-5-13(14)3-4-16(15)21)17(22)8-12-2-1-6-18-9-12/h1-4,6,9,11,21H,5,7-8,10H2. The van der Waals surface area contributed by atoms with Gasteiger partial charge < -0.3 is 10.0 Å². The van der Waals surface area contributed by atoms with Crippen molar-refractivity contribution in [2.24, 2.45) is 0 Å². The van der Waals surface area contributed by atoms with Crippen molar-refractivity contribution in [3.05, 3.63) is 58.9 Å². The summed E-state index contributed by atoms with van der Waals surface area (Å²) in [5, 5.41) is 9.78. The molecule has 2 aromatic rings. The molecule has 0 unspecified atom stereocenters. The predicted molar refractivity (Wildman–Crippen MR) is 80.6 cm³/mol. The second-order valence-corrected chi connectivity index (χ2v) is 5.36. The lowest BCUT2D eigenvalue weighted by Gasteiger charge is -2.30. The van der Waals surface area contributed by atoms with Gasteiger partial charge in [0.15, 0.2) is 6.29 Å². The van der Waals surface area contributed by atoms with Crippen molar-refractivity contribution in [3.8, 4) is 5.75 Å². The average molecular weight is 296 g/mol. The third kappa shape index (κ3) is 2.70. The highest BCUT2D eigenvalue weighted by atomic mass is 16.3. The number of aromatic hydroxyl groups is 1. The van der Waals surface area contributed by atoms with Crippen molar-refractivity contribution < 1.29 is 14.7 Å². The summed E-state index contributed by atoms with van der Waals surface area (Å²) in [6.07, 6.45) is 4.99. The number of carbonyl (C=O) groups is 2. The number of aromatic nitrogens is 1. The van der Waals surface area contributed by atoms with Crippen LogP contribution in [-0.2, 0) is 24.2 Å². The monoisotopic (exact) mass is 296 g/mol. The molecule has 0 bridgehead atoms. The third-order valence-corrected chi connectivity index (χ3v) is 3.98. The molecule has 5 nitrogen and oxygen atoms in total. The van der Waals surface area contributed by atoms with Crippen molar-refractivity contribution in [3.63, 3.8) is 0 Å². The van der Waals surface area contributed by atoms with E-state index in [4.69, 9.17) is 0 Å². The van der Waals surface area contributed by atoms with Gasteiger partial charge in [0.1, 0.15) is 5.75 Å². The lowest BCUT2D eigenvalue weighted by molar-refractivity contribution is -0.131. The molecule has 1 aliphatic rings. The number of nitrogens with zero attached hydrogens (tertiary/aromatic N) is 2. The number of aldehydes is 1. The maximum atomic E-state index is 12.4. The molecule has 0 aliphatic carbocycles. The summed E-state index contributed by atoms with van der Waals surface area (Å²) >= 11 is 0. The Hall–Kier alpha value is -2.69. The average Bonchev–Trinajstić information content (AvgIpc) is 2.55. The summed E-state index contributed by atoms with van der Waals surface area (Å²) in [5.74, 6) is -0.0332. The van der Waals surface area contributed by atoms with E-state index >= 15 is 0 Å². The van der Waals surface area contributed by atoms with E-state index in [1.807, 2.05) is 12.1 Å². The molecule has 0 spiro atoms. The zero-order valence-corrected chi connectivity index (χ0v) is 12.0. The number of hydrogen-bond acceptors (Lipinski definition) is 4. The van der Waals surface area contributed by atoms with Crippen LogP contribution in [0.3, 0.4) is 0 Å². The number of benzene rings is 1. The Bertz CT molecular complexity index is 713. The predicted octanol–water partition coefficient (Wildman–Crippen LogP) is 1.73. The maximum Gasteiger partial charge on any atom is 0.227 e. The summed E-state index contributed by atoms with van der Waals surface area (Å²) in [5.41, 5.74) is 2.92. The van der Waals surface area contributed by atoms with Crippen molar-refractivity contribution in [1.29, 1.82) is 0 Å². The number of rotatable bonds is 3. The molecule has 1 aliphatic heterocycles. The van der Waals surface area contributed by atoms with Crippen LogP contribution in [0.15, 0.2) is 36.7 Å². The lowest BCUT2D eigenvalue weighted by atomic mass is 9.94. The molecule has 1 amide bonds. The van der Waals surface area contributed by atoms with Crippen LogP contribution in [0.1, 0.15) is 27.0 Å². The van der Waals surface area contributed by atoms with Gasteiger partial charge in [0.25, 0.3) is 0 Å². The van der Waals surface area contributed by atoms with Crippen LogP contribution in [0.2, 0.25) is 0 Å². The molecule has 22 heavy (non-hydrogen) atoms. The molecule has 0 radical (unpaired) electrons. The third-order valence-electron chi connectivity index (χ3n) is 3.98. The first kappa shape index (κ1) is 14.3. The van der Waals surface area contributed by atoms with E-state index in [1.165, 1.54) is 6.07 Å². The highest BCUT2D eigenvalue weighted by molar-refractivity contribution is 5.84. The molecule has 112 valence electrons. The Labute approximate surface area is 128 Å². The molecular formula is C17H16N2O3. The molecule has 1 N–H and O–H groups in total. The number of hydrogen-bond donors (Lipinski definition) is 1. The Morgan fingerprint density at radius 3 is 2.95 bits per heavy atom. The number of phenolic OH excluding ortho intramolecular Hbond substituents is 1. The molecule has 1 aromatic carbocycles. The zero-order chi connectivity index (χ0) is 15.5. The topological polar surface area (TPSA) is 70.5 Å². The van der Waals surface area contributed by atoms with Gasteiger partial charge in [-0.3, -0.25) is 14.6 Å². The molecule has 0 fully saturated rings. The molecule has 3 rings (SSSR count). The number of phenols is 1. The minimum absolute atomic E-state index is 0.00107. The van der Waals surface area contributed by atoms with Gasteiger partial charge in [-0.1, -0.05) is 12.1 Å². The van der Waals surface area contributed by atoms with Crippen LogP contribution in [0.4, 0.5) is 0 Å². The first-order chi connectivity index (χ1) is 10.7. The van der Waals surface area contributed by atoms with Crippen LogP contribution in [0, 0.1) is 0 Å². The van der Waals surface area contributed by atoms with Crippen molar-refractivity contribution in [1.82, 2.24) is 9.88 Å². The van der Waals surface area contributed by atoms with Gasteiger partial charge in [0, 0.05) is 25.5 Å². The van der Waals surface area contributed by atoms with Gasteiger partial charge in [-0.05, 0) is 35.2 Å². The van der Waals surface area contributed by atoms with E-state index in [0.29, 0.717) is 32.2 Å². The Kier molecular flexibility index (Phi) is 3.87. The van der Waals surface area contributed by atoms with Gasteiger partial charge in [0.2, 0.25) is 5.91 Å². The van der Waals surface area contributed by atoms with Crippen LogP contribution in [0.25, 0.3) is 0 Å². The van der Waals surface area contributed by atoms with E-state index < -0.39 is 0 Å². The van der Waals surface area contributed by atoms with E-state index in [0.717, 1.165) is 16.7 Å². The number of amides is 1. The summed E-state index contributed by atoms with van der Waals surface area (Å²) < 4.78 is 0. The normalized spacial score (nSPS) is 13.5. The minimum Gasteiger partial charge on any atom is -0.507 e. The Morgan fingerprint density at radius 1 is 1.36 bits per heavy atom. The fourth-order valence-corrected chi connectivity index (χ4v) is 2.78.